The third-order valence-corrected chi connectivity index (χ3v) is 2.45. The minimum absolute atomic E-state index is 0.0946. The highest BCUT2D eigenvalue weighted by molar-refractivity contribution is 5.72. The third kappa shape index (κ3) is 3.19. The maximum Gasteiger partial charge on any atom is 0.199 e. The van der Waals surface area contributed by atoms with Crippen LogP contribution in [-0.4, -0.2) is 15.8 Å². The molecular formula is C12H11N5O2. The number of benzene rings is 1. The number of rotatable bonds is 6. The number of hydrogen-bond acceptors (Lipinski definition) is 4. The van der Waals surface area contributed by atoms with Gasteiger partial charge in [0.25, 0.3) is 0 Å². The fourth-order valence-electron chi connectivity index (χ4n) is 1.55. The Labute approximate surface area is 109 Å². The van der Waals surface area contributed by atoms with E-state index in [1.807, 2.05) is 30.3 Å². The van der Waals surface area contributed by atoms with Crippen molar-refractivity contribution in [2.24, 2.45) is 5.11 Å². The number of aromatic nitrogens is 2. The summed E-state index contributed by atoms with van der Waals surface area (Å²) in [6.07, 6.45) is 1.97. The normalized spacial score (nSPS) is 9.89. The van der Waals surface area contributed by atoms with Crippen molar-refractivity contribution in [1.29, 1.82) is 0 Å². The van der Waals surface area contributed by atoms with Gasteiger partial charge < -0.3 is 4.74 Å². The fourth-order valence-corrected chi connectivity index (χ4v) is 1.55. The van der Waals surface area contributed by atoms with Gasteiger partial charge in [-0.15, -0.1) is 0 Å². The Kier molecular flexibility index (Phi) is 4.28. The van der Waals surface area contributed by atoms with Crippen molar-refractivity contribution in [2.75, 3.05) is 0 Å². The lowest BCUT2D eigenvalue weighted by Gasteiger charge is -2.08. The van der Waals surface area contributed by atoms with E-state index in [-0.39, 0.29) is 12.7 Å². The second kappa shape index (κ2) is 6.34. The second-order valence-electron chi connectivity index (χ2n) is 3.68. The van der Waals surface area contributed by atoms with Gasteiger partial charge in [0.1, 0.15) is 12.4 Å². The van der Waals surface area contributed by atoms with Gasteiger partial charge in [0, 0.05) is 4.91 Å². The summed E-state index contributed by atoms with van der Waals surface area (Å²) in [5.74, 6) is 0.109. The Balaban J connectivity index is 2.04. The number of carbonyl (C=O) groups is 1. The van der Waals surface area contributed by atoms with Crippen LogP contribution < -0.4 is 0 Å². The molecule has 0 amide bonds. The number of hydrogen-bond donors (Lipinski definition) is 0. The minimum atomic E-state index is 0.0946. The standard InChI is InChI=1S/C12H11N5O2/c13-16-15-12-14-6-11(7-18)17(12)9-19-8-10-4-2-1-3-5-10/h1-7H,8-9H2. The first-order valence-electron chi connectivity index (χ1n) is 5.52. The number of nitrogens with zero attached hydrogens (tertiary/aromatic N) is 5. The van der Waals surface area contributed by atoms with Gasteiger partial charge in [-0.05, 0) is 16.2 Å². The van der Waals surface area contributed by atoms with Crippen LogP contribution in [0, 0.1) is 0 Å². The lowest BCUT2D eigenvalue weighted by Crippen LogP contribution is -2.05. The molecule has 0 saturated heterocycles. The van der Waals surface area contributed by atoms with E-state index in [0.717, 1.165) is 5.56 Å². The molecule has 96 valence electrons. The molecule has 1 aromatic heterocycles. The van der Waals surface area contributed by atoms with E-state index in [2.05, 4.69) is 15.0 Å². The summed E-state index contributed by atoms with van der Waals surface area (Å²) >= 11 is 0. The van der Waals surface area contributed by atoms with Crippen LogP contribution in [0.25, 0.3) is 10.4 Å². The topological polar surface area (TPSA) is 92.9 Å². The molecule has 0 aliphatic rings. The summed E-state index contributed by atoms with van der Waals surface area (Å²) in [6, 6.07) is 9.62. The summed E-state index contributed by atoms with van der Waals surface area (Å²) in [7, 11) is 0. The van der Waals surface area contributed by atoms with E-state index in [0.29, 0.717) is 18.6 Å². The summed E-state index contributed by atoms with van der Waals surface area (Å²) in [5, 5.41) is 3.39. The first kappa shape index (κ1) is 12.8. The van der Waals surface area contributed by atoms with Crippen molar-refractivity contribution < 1.29 is 9.53 Å². The molecule has 2 aromatic rings. The van der Waals surface area contributed by atoms with Gasteiger partial charge >= 0.3 is 0 Å². The lowest BCUT2D eigenvalue weighted by atomic mass is 10.2. The van der Waals surface area contributed by atoms with Crippen LogP contribution in [-0.2, 0) is 18.1 Å². The zero-order valence-corrected chi connectivity index (χ0v) is 10.0. The van der Waals surface area contributed by atoms with Crippen molar-refractivity contribution in [3.63, 3.8) is 0 Å². The lowest BCUT2D eigenvalue weighted by molar-refractivity contribution is 0.0630. The van der Waals surface area contributed by atoms with Crippen LogP contribution in [0.2, 0.25) is 0 Å². The molecule has 0 saturated carbocycles. The summed E-state index contributed by atoms with van der Waals surface area (Å²) in [6.45, 7) is 0.490. The van der Waals surface area contributed by atoms with Gasteiger partial charge in [0.15, 0.2) is 12.2 Å². The van der Waals surface area contributed by atoms with Crippen molar-refractivity contribution in [2.45, 2.75) is 13.3 Å². The molecule has 0 aliphatic carbocycles. The van der Waals surface area contributed by atoms with E-state index >= 15 is 0 Å². The monoisotopic (exact) mass is 257 g/mol. The van der Waals surface area contributed by atoms with Crippen LogP contribution in [0.4, 0.5) is 5.95 Å². The number of azide groups is 1. The molecule has 7 nitrogen and oxygen atoms in total. The number of imidazole rings is 1. The predicted octanol–water partition coefficient (Wildman–Crippen LogP) is 2.81. The third-order valence-electron chi connectivity index (χ3n) is 2.45. The van der Waals surface area contributed by atoms with Crippen molar-refractivity contribution in [1.82, 2.24) is 9.55 Å². The maximum absolute atomic E-state index is 10.8. The van der Waals surface area contributed by atoms with Crippen molar-refractivity contribution in [3.8, 4) is 0 Å². The molecule has 0 spiro atoms. The van der Waals surface area contributed by atoms with E-state index in [9.17, 15) is 4.79 Å². The van der Waals surface area contributed by atoms with E-state index in [1.54, 1.807) is 0 Å². The molecular weight excluding hydrogens is 246 g/mol. The number of ether oxygens (including phenoxy) is 1. The van der Waals surface area contributed by atoms with Crippen LogP contribution >= 0.6 is 0 Å². The molecule has 0 atom stereocenters. The van der Waals surface area contributed by atoms with Crippen molar-refractivity contribution >= 4 is 12.2 Å². The average molecular weight is 257 g/mol. The highest BCUT2D eigenvalue weighted by atomic mass is 16.5. The van der Waals surface area contributed by atoms with E-state index in [1.165, 1.54) is 10.8 Å². The average Bonchev–Trinajstić information content (AvgIpc) is 2.83. The summed E-state index contributed by atoms with van der Waals surface area (Å²) in [4.78, 5) is 17.3. The minimum Gasteiger partial charge on any atom is -0.356 e. The molecule has 1 heterocycles. The highest BCUT2D eigenvalue weighted by Crippen LogP contribution is 2.13. The molecule has 0 aliphatic heterocycles. The number of carbonyl (C=O) groups excluding carboxylic acids is 1. The van der Waals surface area contributed by atoms with Crippen molar-refractivity contribution in [3.05, 3.63) is 58.2 Å². The van der Waals surface area contributed by atoms with E-state index < -0.39 is 0 Å². The van der Waals surface area contributed by atoms with Gasteiger partial charge in [-0.1, -0.05) is 30.3 Å². The summed E-state index contributed by atoms with van der Waals surface area (Å²) in [5.41, 5.74) is 9.72. The zero-order valence-electron chi connectivity index (χ0n) is 10.0. The fraction of sp³-hybridized carbons (Fsp3) is 0.167. The molecule has 0 unspecified atom stereocenters. The SMILES string of the molecule is [N-]=[N+]=Nc1ncc(C=O)n1COCc1ccccc1. The Morgan fingerprint density at radius 1 is 1.42 bits per heavy atom. The summed E-state index contributed by atoms with van der Waals surface area (Å²) < 4.78 is 6.89. The van der Waals surface area contributed by atoms with Crippen LogP contribution in [0.3, 0.4) is 0 Å². The molecule has 7 heteroatoms. The van der Waals surface area contributed by atoms with Crippen LogP contribution in [0.1, 0.15) is 16.1 Å². The molecule has 1 aromatic carbocycles. The van der Waals surface area contributed by atoms with Gasteiger partial charge in [0.2, 0.25) is 0 Å². The smallest absolute Gasteiger partial charge is 0.199 e. The second-order valence-corrected chi connectivity index (χ2v) is 3.68. The molecule has 2 rings (SSSR count). The molecule has 0 fully saturated rings. The Morgan fingerprint density at radius 3 is 2.89 bits per heavy atom. The Hall–Kier alpha value is -2.63. The maximum atomic E-state index is 10.8. The quantitative estimate of drug-likeness (QED) is 0.344. The first-order valence-corrected chi connectivity index (χ1v) is 5.52. The molecule has 0 bridgehead atoms. The number of aldehydes is 1. The van der Waals surface area contributed by atoms with E-state index in [4.69, 9.17) is 10.3 Å². The molecule has 0 N–H and O–H groups in total. The van der Waals surface area contributed by atoms with Gasteiger partial charge in [-0.3, -0.25) is 9.36 Å². The largest absolute Gasteiger partial charge is 0.356 e. The van der Waals surface area contributed by atoms with Gasteiger partial charge in [-0.25, -0.2) is 4.98 Å². The Bertz CT molecular complexity index is 602. The first-order chi connectivity index (χ1) is 9.35. The molecule has 19 heavy (non-hydrogen) atoms. The predicted molar refractivity (Wildman–Crippen MR) is 67.7 cm³/mol. The van der Waals surface area contributed by atoms with Crippen LogP contribution in [0.15, 0.2) is 41.6 Å². The highest BCUT2D eigenvalue weighted by Gasteiger charge is 2.07. The van der Waals surface area contributed by atoms with Gasteiger partial charge in [-0.2, -0.15) is 0 Å². The Morgan fingerprint density at radius 2 is 2.21 bits per heavy atom. The van der Waals surface area contributed by atoms with Gasteiger partial charge in [0.05, 0.1) is 12.8 Å². The molecule has 0 radical (unpaired) electrons. The van der Waals surface area contributed by atoms with Crippen LogP contribution in [0.5, 0.6) is 0 Å². The zero-order chi connectivity index (χ0) is 13.5.